The van der Waals surface area contributed by atoms with Crippen molar-refractivity contribution in [3.05, 3.63) is 0 Å². The largest absolute Gasteiger partial charge is 0.381 e. The first kappa shape index (κ1) is 13.3. The van der Waals surface area contributed by atoms with Gasteiger partial charge in [-0.2, -0.15) is 0 Å². The first-order valence-corrected chi connectivity index (χ1v) is 7.95. The molecule has 0 aliphatic heterocycles. The summed E-state index contributed by atoms with van der Waals surface area (Å²) in [6.45, 7) is 3.07. The van der Waals surface area contributed by atoms with Gasteiger partial charge in [0, 0.05) is 22.7 Å². The predicted octanol–water partition coefficient (Wildman–Crippen LogP) is 2.54. The molecule has 0 spiro atoms. The molecule has 1 aliphatic rings. The third-order valence-electron chi connectivity index (χ3n) is 3.01. The molecule has 0 radical (unpaired) electrons. The normalized spacial score (nSPS) is 21.5. The van der Waals surface area contributed by atoms with Crippen molar-refractivity contribution in [2.75, 3.05) is 19.0 Å². The van der Waals surface area contributed by atoms with Crippen LogP contribution in [0.4, 0.5) is 0 Å². The van der Waals surface area contributed by atoms with Crippen LogP contribution >= 0.6 is 10.7 Å². The van der Waals surface area contributed by atoms with Gasteiger partial charge in [-0.25, -0.2) is 8.42 Å². The fourth-order valence-electron chi connectivity index (χ4n) is 2.32. The zero-order valence-electron chi connectivity index (χ0n) is 9.17. The number of hydrogen-bond donors (Lipinski definition) is 0. The molecular weight excluding hydrogens is 236 g/mol. The SMILES string of the molecule is CCOCC1(CS(=O)(=O)Cl)CCCCC1. The predicted molar refractivity (Wildman–Crippen MR) is 61.7 cm³/mol. The Morgan fingerprint density at radius 2 is 1.87 bits per heavy atom. The zero-order chi connectivity index (χ0) is 11.4. The molecule has 1 saturated carbocycles. The molecule has 5 heteroatoms. The average molecular weight is 255 g/mol. The molecule has 0 unspecified atom stereocenters. The van der Waals surface area contributed by atoms with Gasteiger partial charge in [-0.05, 0) is 19.8 Å². The second-order valence-electron chi connectivity index (χ2n) is 4.38. The van der Waals surface area contributed by atoms with E-state index in [1.54, 1.807) is 0 Å². The van der Waals surface area contributed by atoms with Gasteiger partial charge in [0.1, 0.15) is 0 Å². The van der Waals surface area contributed by atoms with Crippen LogP contribution in [-0.4, -0.2) is 27.4 Å². The molecule has 0 saturated heterocycles. The Hall–Kier alpha value is 0.200. The highest BCUT2D eigenvalue weighted by Crippen LogP contribution is 2.38. The first-order valence-electron chi connectivity index (χ1n) is 5.47. The second-order valence-corrected chi connectivity index (χ2v) is 7.16. The minimum absolute atomic E-state index is 0.0571. The van der Waals surface area contributed by atoms with Crippen molar-refractivity contribution < 1.29 is 13.2 Å². The summed E-state index contributed by atoms with van der Waals surface area (Å²) >= 11 is 0. The van der Waals surface area contributed by atoms with E-state index in [1.807, 2.05) is 6.92 Å². The van der Waals surface area contributed by atoms with Crippen LogP contribution in [0.2, 0.25) is 0 Å². The van der Waals surface area contributed by atoms with Crippen molar-refractivity contribution in [3.8, 4) is 0 Å². The lowest BCUT2D eigenvalue weighted by atomic mass is 9.76. The molecular formula is C10H19ClO3S. The molecule has 0 N–H and O–H groups in total. The highest BCUT2D eigenvalue weighted by Gasteiger charge is 2.36. The van der Waals surface area contributed by atoms with Gasteiger partial charge in [0.05, 0.1) is 12.4 Å². The quantitative estimate of drug-likeness (QED) is 0.708. The van der Waals surface area contributed by atoms with Crippen LogP contribution in [-0.2, 0) is 13.8 Å². The maximum Gasteiger partial charge on any atom is 0.233 e. The van der Waals surface area contributed by atoms with Gasteiger partial charge in [0.25, 0.3) is 0 Å². The van der Waals surface area contributed by atoms with Crippen LogP contribution in [0.25, 0.3) is 0 Å². The van der Waals surface area contributed by atoms with Crippen LogP contribution in [0.15, 0.2) is 0 Å². The summed E-state index contributed by atoms with van der Waals surface area (Å²) in [7, 11) is 1.93. The van der Waals surface area contributed by atoms with Gasteiger partial charge in [0.15, 0.2) is 0 Å². The lowest BCUT2D eigenvalue weighted by Gasteiger charge is -2.35. The molecule has 0 aromatic heterocycles. The molecule has 15 heavy (non-hydrogen) atoms. The monoisotopic (exact) mass is 254 g/mol. The first-order chi connectivity index (χ1) is 6.97. The highest BCUT2D eigenvalue weighted by molar-refractivity contribution is 8.13. The number of rotatable bonds is 5. The zero-order valence-corrected chi connectivity index (χ0v) is 10.7. The fraction of sp³-hybridized carbons (Fsp3) is 1.00. The van der Waals surface area contributed by atoms with E-state index in [4.69, 9.17) is 15.4 Å². The lowest BCUT2D eigenvalue weighted by Crippen LogP contribution is -2.35. The molecule has 1 aliphatic carbocycles. The minimum Gasteiger partial charge on any atom is -0.381 e. The van der Waals surface area contributed by atoms with Crippen LogP contribution in [0.1, 0.15) is 39.0 Å². The maximum atomic E-state index is 11.2. The molecule has 1 rings (SSSR count). The summed E-state index contributed by atoms with van der Waals surface area (Å²) in [5, 5.41) is 0. The van der Waals surface area contributed by atoms with E-state index in [1.165, 1.54) is 6.42 Å². The number of hydrogen-bond acceptors (Lipinski definition) is 3. The third-order valence-corrected chi connectivity index (χ3v) is 4.29. The van der Waals surface area contributed by atoms with E-state index in [9.17, 15) is 8.42 Å². The lowest BCUT2D eigenvalue weighted by molar-refractivity contribution is 0.0400. The van der Waals surface area contributed by atoms with Crippen molar-refractivity contribution in [1.82, 2.24) is 0 Å². The van der Waals surface area contributed by atoms with Crippen molar-refractivity contribution in [2.24, 2.45) is 5.41 Å². The van der Waals surface area contributed by atoms with Gasteiger partial charge < -0.3 is 4.74 Å². The second kappa shape index (κ2) is 5.51. The minimum atomic E-state index is -3.42. The van der Waals surface area contributed by atoms with Gasteiger partial charge in [-0.1, -0.05) is 19.3 Å². The molecule has 0 atom stereocenters. The van der Waals surface area contributed by atoms with Crippen LogP contribution in [0, 0.1) is 5.41 Å². The summed E-state index contributed by atoms with van der Waals surface area (Å²) in [5.41, 5.74) is -0.227. The van der Waals surface area contributed by atoms with Crippen molar-refractivity contribution in [3.63, 3.8) is 0 Å². The fourth-order valence-corrected chi connectivity index (χ4v) is 4.11. The molecule has 0 aromatic carbocycles. The van der Waals surface area contributed by atoms with Gasteiger partial charge in [-0.15, -0.1) is 0 Å². The van der Waals surface area contributed by atoms with E-state index in [2.05, 4.69) is 0 Å². The van der Waals surface area contributed by atoms with Crippen LogP contribution in [0.3, 0.4) is 0 Å². The number of ether oxygens (including phenoxy) is 1. The highest BCUT2D eigenvalue weighted by atomic mass is 35.7. The Morgan fingerprint density at radius 1 is 1.27 bits per heavy atom. The Labute approximate surface area is 96.6 Å². The number of halogens is 1. The van der Waals surface area contributed by atoms with Gasteiger partial charge >= 0.3 is 0 Å². The molecule has 0 aromatic rings. The molecule has 0 bridgehead atoms. The summed E-state index contributed by atoms with van der Waals surface area (Å²) in [6.07, 6.45) is 5.19. The van der Waals surface area contributed by atoms with Gasteiger partial charge in [0.2, 0.25) is 9.05 Å². The maximum absolute atomic E-state index is 11.2. The Balaban J connectivity index is 2.66. The van der Waals surface area contributed by atoms with Crippen LogP contribution in [0.5, 0.6) is 0 Å². The third kappa shape index (κ3) is 4.70. The molecule has 0 amide bonds. The van der Waals surface area contributed by atoms with Gasteiger partial charge in [-0.3, -0.25) is 0 Å². The Bertz CT molecular complexity index is 281. The standard InChI is InChI=1S/C10H19ClO3S/c1-2-14-8-10(9-15(11,12)13)6-4-3-5-7-10/h2-9H2,1H3. The smallest absolute Gasteiger partial charge is 0.233 e. The van der Waals surface area contributed by atoms with Crippen molar-refractivity contribution >= 4 is 19.7 Å². The summed E-state index contributed by atoms with van der Waals surface area (Å²) < 4.78 is 27.8. The molecule has 90 valence electrons. The van der Waals surface area contributed by atoms with Crippen molar-refractivity contribution in [1.29, 1.82) is 0 Å². The van der Waals surface area contributed by atoms with E-state index in [-0.39, 0.29) is 11.2 Å². The Kier molecular flexibility index (Phi) is 4.87. The molecule has 3 nitrogen and oxygen atoms in total. The van der Waals surface area contributed by atoms with E-state index in [0.29, 0.717) is 13.2 Å². The molecule has 0 heterocycles. The van der Waals surface area contributed by atoms with Crippen molar-refractivity contribution in [2.45, 2.75) is 39.0 Å². The summed E-state index contributed by atoms with van der Waals surface area (Å²) in [5.74, 6) is 0.0571. The summed E-state index contributed by atoms with van der Waals surface area (Å²) in [4.78, 5) is 0. The van der Waals surface area contributed by atoms with E-state index < -0.39 is 9.05 Å². The molecule has 1 fully saturated rings. The van der Waals surface area contributed by atoms with E-state index >= 15 is 0 Å². The topological polar surface area (TPSA) is 43.4 Å². The van der Waals surface area contributed by atoms with Crippen LogP contribution < -0.4 is 0 Å². The average Bonchev–Trinajstić information content (AvgIpc) is 2.14. The Morgan fingerprint density at radius 3 is 2.33 bits per heavy atom. The van der Waals surface area contributed by atoms with E-state index in [0.717, 1.165) is 25.7 Å². The summed E-state index contributed by atoms with van der Waals surface area (Å²) in [6, 6.07) is 0.